The molecule has 23 heavy (non-hydrogen) atoms. The summed E-state index contributed by atoms with van der Waals surface area (Å²) in [7, 11) is 3.09. The number of hydrogen-bond acceptors (Lipinski definition) is 4. The number of nitrogens with one attached hydrogen (secondary N) is 2. The summed E-state index contributed by atoms with van der Waals surface area (Å²) in [4.78, 5) is 24.0. The fourth-order valence-corrected chi connectivity index (χ4v) is 2.80. The number of carbonyl (C=O) groups excluding carboxylic acids is 2. The Hall–Kier alpha value is -2.24. The van der Waals surface area contributed by atoms with Crippen LogP contribution in [-0.2, 0) is 9.59 Å². The van der Waals surface area contributed by atoms with Crippen molar-refractivity contribution in [2.45, 2.75) is 32.1 Å². The van der Waals surface area contributed by atoms with Gasteiger partial charge in [0, 0.05) is 17.7 Å². The summed E-state index contributed by atoms with van der Waals surface area (Å²) in [5, 5.41) is 5.45. The van der Waals surface area contributed by atoms with Gasteiger partial charge in [-0.15, -0.1) is 0 Å². The first-order valence-electron chi connectivity index (χ1n) is 7.93. The predicted octanol–water partition coefficient (Wildman–Crippen LogP) is 2.34. The van der Waals surface area contributed by atoms with Gasteiger partial charge in [-0.2, -0.15) is 0 Å². The first kappa shape index (κ1) is 17.1. The number of amides is 2. The summed E-state index contributed by atoms with van der Waals surface area (Å²) < 4.78 is 10.3. The molecule has 0 saturated heterocycles. The van der Waals surface area contributed by atoms with Crippen LogP contribution < -0.4 is 20.1 Å². The predicted molar refractivity (Wildman–Crippen MR) is 87.8 cm³/mol. The van der Waals surface area contributed by atoms with Crippen LogP contribution >= 0.6 is 0 Å². The highest BCUT2D eigenvalue weighted by Gasteiger charge is 2.21. The van der Waals surface area contributed by atoms with Crippen molar-refractivity contribution < 1.29 is 19.1 Å². The van der Waals surface area contributed by atoms with E-state index in [4.69, 9.17) is 9.47 Å². The van der Waals surface area contributed by atoms with E-state index in [-0.39, 0.29) is 24.3 Å². The lowest BCUT2D eigenvalue weighted by atomic mass is 9.89. The highest BCUT2D eigenvalue weighted by molar-refractivity contribution is 5.95. The Kier molecular flexibility index (Phi) is 6.26. The van der Waals surface area contributed by atoms with Crippen molar-refractivity contribution in [2.75, 3.05) is 26.1 Å². The third-order valence-electron chi connectivity index (χ3n) is 4.07. The number of ether oxygens (including phenoxy) is 2. The van der Waals surface area contributed by atoms with Crippen LogP contribution in [0.25, 0.3) is 0 Å². The first-order chi connectivity index (χ1) is 11.1. The molecular formula is C17H24N2O4. The highest BCUT2D eigenvalue weighted by atomic mass is 16.5. The van der Waals surface area contributed by atoms with Gasteiger partial charge in [-0.3, -0.25) is 9.59 Å². The molecule has 0 aliphatic heterocycles. The Labute approximate surface area is 136 Å². The minimum atomic E-state index is -0.263. The smallest absolute Gasteiger partial charge is 0.243 e. The maximum Gasteiger partial charge on any atom is 0.243 e. The lowest BCUT2D eigenvalue weighted by Crippen LogP contribution is -2.37. The number of rotatable bonds is 6. The molecule has 1 aromatic carbocycles. The van der Waals surface area contributed by atoms with Crippen LogP contribution in [0, 0.1) is 5.92 Å². The summed E-state index contributed by atoms with van der Waals surface area (Å²) in [6, 6.07) is 5.12. The first-order valence-corrected chi connectivity index (χ1v) is 7.93. The highest BCUT2D eigenvalue weighted by Crippen LogP contribution is 2.29. The van der Waals surface area contributed by atoms with Gasteiger partial charge in [0.25, 0.3) is 0 Å². The molecule has 2 amide bonds. The molecule has 0 heterocycles. The van der Waals surface area contributed by atoms with Crippen molar-refractivity contribution in [3.63, 3.8) is 0 Å². The average Bonchev–Trinajstić information content (AvgIpc) is 2.60. The Balaban J connectivity index is 1.83. The Morgan fingerprint density at radius 3 is 2.43 bits per heavy atom. The number of benzene rings is 1. The van der Waals surface area contributed by atoms with Crippen molar-refractivity contribution in [1.29, 1.82) is 0 Å². The molecular weight excluding hydrogens is 296 g/mol. The van der Waals surface area contributed by atoms with E-state index in [9.17, 15) is 9.59 Å². The van der Waals surface area contributed by atoms with E-state index in [1.165, 1.54) is 13.5 Å². The summed E-state index contributed by atoms with van der Waals surface area (Å²) in [5.41, 5.74) is 0.597. The van der Waals surface area contributed by atoms with Gasteiger partial charge in [-0.25, -0.2) is 0 Å². The van der Waals surface area contributed by atoms with E-state index in [0.29, 0.717) is 17.2 Å². The monoisotopic (exact) mass is 320 g/mol. The van der Waals surface area contributed by atoms with Gasteiger partial charge >= 0.3 is 0 Å². The molecule has 126 valence electrons. The van der Waals surface area contributed by atoms with E-state index >= 15 is 0 Å². The van der Waals surface area contributed by atoms with Crippen molar-refractivity contribution >= 4 is 17.5 Å². The molecule has 1 aliphatic rings. The topological polar surface area (TPSA) is 76.7 Å². The van der Waals surface area contributed by atoms with Gasteiger partial charge in [0.15, 0.2) is 11.5 Å². The van der Waals surface area contributed by atoms with Gasteiger partial charge in [-0.1, -0.05) is 19.3 Å². The molecule has 0 spiro atoms. The molecule has 0 atom stereocenters. The Morgan fingerprint density at radius 2 is 1.78 bits per heavy atom. The van der Waals surface area contributed by atoms with Gasteiger partial charge in [0.2, 0.25) is 11.8 Å². The second-order valence-electron chi connectivity index (χ2n) is 5.67. The standard InChI is InChI=1S/C17H24N2O4/c1-22-14-9-8-13(10-15(14)23-2)19-16(20)11-18-17(21)12-6-4-3-5-7-12/h8-10,12H,3-7,11H2,1-2H3,(H,18,21)(H,19,20). The SMILES string of the molecule is COc1ccc(NC(=O)CNC(=O)C2CCCCC2)cc1OC. The maximum absolute atomic E-state index is 12.0. The van der Waals surface area contributed by atoms with Crippen molar-refractivity contribution in [3.05, 3.63) is 18.2 Å². The zero-order valence-corrected chi connectivity index (χ0v) is 13.7. The zero-order valence-electron chi connectivity index (χ0n) is 13.7. The minimum Gasteiger partial charge on any atom is -0.493 e. The summed E-state index contributed by atoms with van der Waals surface area (Å²) >= 11 is 0. The summed E-state index contributed by atoms with van der Waals surface area (Å²) in [6.07, 6.45) is 5.22. The fraction of sp³-hybridized carbons (Fsp3) is 0.529. The van der Waals surface area contributed by atoms with Crippen LogP contribution in [0.15, 0.2) is 18.2 Å². The second-order valence-corrected chi connectivity index (χ2v) is 5.67. The molecule has 1 fully saturated rings. The third kappa shape index (κ3) is 4.87. The largest absolute Gasteiger partial charge is 0.493 e. The molecule has 2 N–H and O–H groups in total. The second kappa shape index (κ2) is 8.41. The number of methoxy groups -OCH3 is 2. The average molecular weight is 320 g/mol. The summed E-state index contributed by atoms with van der Waals surface area (Å²) in [5.74, 6) is 0.902. The van der Waals surface area contributed by atoms with Crippen molar-refractivity contribution in [1.82, 2.24) is 5.32 Å². The molecule has 1 saturated carbocycles. The van der Waals surface area contributed by atoms with E-state index in [1.54, 1.807) is 25.3 Å². The van der Waals surface area contributed by atoms with Gasteiger partial charge in [0.1, 0.15) is 0 Å². The van der Waals surface area contributed by atoms with Gasteiger partial charge in [0.05, 0.1) is 20.8 Å². The lowest BCUT2D eigenvalue weighted by molar-refractivity contribution is -0.128. The molecule has 1 aliphatic carbocycles. The molecule has 0 unspecified atom stereocenters. The van der Waals surface area contributed by atoms with Gasteiger partial charge < -0.3 is 20.1 Å². The fourth-order valence-electron chi connectivity index (χ4n) is 2.80. The molecule has 6 nitrogen and oxygen atoms in total. The van der Waals surface area contributed by atoms with Crippen LogP contribution in [0.4, 0.5) is 5.69 Å². The van der Waals surface area contributed by atoms with E-state index in [2.05, 4.69) is 10.6 Å². The number of hydrogen-bond donors (Lipinski definition) is 2. The normalized spacial score (nSPS) is 14.9. The number of carbonyl (C=O) groups is 2. The van der Waals surface area contributed by atoms with Crippen molar-refractivity contribution in [3.8, 4) is 11.5 Å². The van der Waals surface area contributed by atoms with Crippen LogP contribution in [0.3, 0.4) is 0 Å². The van der Waals surface area contributed by atoms with E-state index in [0.717, 1.165) is 25.7 Å². The van der Waals surface area contributed by atoms with Crippen LogP contribution in [0.2, 0.25) is 0 Å². The molecule has 0 aromatic heterocycles. The third-order valence-corrected chi connectivity index (χ3v) is 4.07. The molecule has 0 radical (unpaired) electrons. The van der Waals surface area contributed by atoms with Crippen LogP contribution in [0.1, 0.15) is 32.1 Å². The molecule has 6 heteroatoms. The van der Waals surface area contributed by atoms with E-state index < -0.39 is 0 Å². The summed E-state index contributed by atoms with van der Waals surface area (Å²) in [6.45, 7) is -0.0241. The quantitative estimate of drug-likeness (QED) is 0.843. The molecule has 2 rings (SSSR count). The maximum atomic E-state index is 12.0. The van der Waals surface area contributed by atoms with Crippen molar-refractivity contribution in [2.24, 2.45) is 5.92 Å². The lowest BCUT2D eigenvalue weighted by Gasteiger charge is -2.20. The van der Waals surface area contributed by atoms with Crippen LogP contribution in [-0.4, -0.2) is 32.6 Å². The minimum absolute atomic E-state index is 0.0211. The van der Waals surface area contributed by atoms with Crippen LogP contribution in [0.5, 0.6) is 11.5 Å². The Bertz CT molecular complexity index is 554. The molecule has 0 bridgehead atoms. The number of anilines is 1. The molecule has 1 aromatic rings. The van der Waals surface area contributed by atoms with E-state index in [1.807, 2.05) is 0 Å². The van der Waals surface area contributed by atoms with Gasteiger partial charge in [-0.05, 0) is 25.0 Å². The zero-order chi connectivity index (χ0) is 16.7. The Morgan fingerprint density at radius 1 is 1.09 bits per heavy atom.